The van der Waals surface area contributed by atoms with Gasteiger partial charge in [0.15, 0.2) is 15.5 Å². The molecule has 1 aliphatic rings. The van der Waals surface area contributed by atoms with E-state index in [9.17, 15) is 38.8 Å². The number of nitro groups is 3. The normalized spacial score (nSPS) is 18.9. The minimum atomic E-state index is -3.17. The second kappa shape index (κ2) is 6.35. The first-order valence-electron chi connectivity index (χ1n) is 6.66. The van der Waals surface area contributed by atoms with E-state index in [0.29, 0.717) is 18.6 Å². The summed E-state index contributed by atoms with van der Waals surface area (Å²) >= 11 is 0. The molecule has 0 aliphatic carbocycles. The van der Waals surface area contributed by atoms with Gasteiger partial charge in [0.2, 0.25) is 0 Å². The zero-order valence-corrected chi connectivity index (χ0v) is 12.9. The Morgan fingerprint density at radius 3 is 1.96 bits per heavy atom. The van der Waals surface area contributed by atoms with Crippen molar-refractivity contribution in [3.05, 3.63) is 42.5 Å². The summed E-state index contributed by atoms with van der Waals surface area (Å²) in [6.07, 6.45) is 0.337. The fraction of sp³-hybridized carbons (Fsp3) is 0.455. The third kappa shape index (κ3) is 3.73. The summed E-state index contributed by atoms with van der Waals surface area (Å²) in [6.45, 7) is -0.0290. The van der Waals surface area contributed by atoms with Gasteiger partial charge in [-0.3, -0.25) is 30.3 Å². The smallest absolute Gasteiger partial charge is 0.306 e. The largest absolute Gasteiger partial charge is 0.374 e. The maximum Gasteiger partial charge on any atom is 0.306 e. The number of nitrogens with one attached hydrogen (secondary N) is 1. The maximum atomic E-state index is 11.4. The van der Waals surface area contributed by atoms with Gasteiger partial charge in [-0.2, -0.15) is 0 Å². The molecule has 12 nitrogen and oxygen atoms in total. The average molecular weight is 360 g/mol. The lowest BCUT2D eigenvalue weighted by molar-refractivity contribution is -0.401. The van der Waals surface area contributed by atoms with Crippen molar-refractivity contribution in [3.63, 3.8) is 0 Å². The molecular formula is C11H12N4O8S. The van der Waals surface area contributed by atoms with E-state index in [2.05, 4.69) is 5.32 Å². The summed E-state index contributed by atoms with van der Waals surface area (Å²) < 4.78 is 22.8. The molecule has 1 N–H and O–H groups in total. The number of nitro benzene ring substituents is 3. The van der Waals surface area contributed by atoms with Crippen LogP contribution in [-0.4, -0.2) is 41.2 Å². The number of nitrogens with zero attached hydrogens (tertiary/aromatic N) is 3. The van der Waals surface area contributed by atoms with E-state index in [1.54, 1.807) is 0 Å². The molecule has 0 amide bonds. The highest BCUT2D eigenvalue weighted by molar-refractivity contribution is 7.91. The summed E-state index contributed by atoms with van der Waals surface area (Å²) in [4.78, 5) is 30.1. The van der Waals surface area contributed by atoms with Crippen molar-refractivity contribution in [2.24, 2.45) is 5.92 Å². The van der Waals surface area contributed by atoms with Gasteiger partial charge < -0.3 is 5.32 Å². The van der Waals surface area contributed by atoms with Crippen molar-refractivity contribution in [3.8, 4) is 0 Å². The number of benzene rings is 1. The molecule has 1 saturated heterocycles. The van der Waals surface area contributed by atoms with Gasteiger partial charge in [-0.1, -0.05) is 0 Å². The molecule has 13 heteroatoms. The van der Waals surface area contributed by atoms with E-state index in [4.69, 9.17) is 0 Å². The van der Waals surface area contributed by atoms with Crippen molar-refractivity contribution in [1.82, 2.24) is 0 Å². The van der Waals surface area contributed by atoms with Crippen LogP contribution < -0.4 is 5.32 Å². The predicted octanol–water partition coefficient (Wildman–Crippen LogP) is 1.26. The molecule has 1 aromatic carbocycles. The molecule has 1 heterocycles. The van der Waals surface area contributed by atoms with Gasteiger partial charge in [0.25, 0.3) is 5.69 Å². The van der Waals surface area contributed by atoms with E-state index < -0.39 is 47.4 Å². The van der Waals surface area contributed by atoms with Gasteiger partial charge in [0.05, 0.1) is 38.4 Å². The predicted molar refractivity (Wildman–Crippen MR) is 81.7 cm³/mol. The number of rotatable bonds is 6. The first-order valence-corrected chi connectivity index (χ1v) is 8.48. The number of sulfone groups is 1. The molecule has 1 atom stereocenters. The van der Waals surface area contributed by atoms with Crippen molar-refractivity contribution < 1.29 is 23.2 Å². The van der Waals surface area contributed by atoms with Crippen molar-refractivity contribution in [2.75, 3.05) is 23.4 Å². The van der Waals surface area contributed by atoms with Crippen LogP contribution >= 0.6 is 0 Å². The van der Waals surface area contributed by atoms with Crippen LogP contribution in [0.5, 0.6) is 0 Å². The first-order chi connectivity index (χ1) is 11.1. The van der Waals surface area contributed by atoms with Crippen LogP contribution in [0, 0.1) is 36.3 Å². The molecule has 1 aliphatic heterocycles. The average Bonchev–Trinajstić information content (AvgIpc) is 2.83. The third-order valence-electron chi connectivity index (χ3n) is 3.58. The van der Waals surface area contributed by atoms with Crippen LogP contribution in [0.3, 0.4) is 0 Å². The minimum Gasteiger partial charge on any atom is -0.374 e. The zero-order valence-electron chi connectivity index (χ0n) is 12.1. The highest BCUT2D eigenvalue weighted by atomic mass is 32.2. The van der Waals surface area contributed by atoms with E-state index in [0.717, 1.165) is 0 Å². The van der Waals surface area contributed by atoms with Gasteiger partial charge in [-0.25, -0.2) is 8.42 Å². The van der Waals surface area contributed by atoms with Gasteiger partial charge in [0.1, 0.15) is 0 Å². The Bertz CT molecular complexity index is 786. The van der Waals surface area contributed by atoms with Gasteiger partial charge in [-0.15, -0.1) is 0 Å². The molecule has 24 heavy (non-hydrogen) atoms. The van der Waals surface area contributed by atoms with Crippen LogP contribution in [0.15, 0.2) is 12.1 Å². The Hall–Kier alpha value is -2.83. The second-order valence-corrected chi connectivity index (χ2v) is 7.51. The minimum absolute atomic E-state index is 0.0101. The Labute approximate surface area is 134 Å². The second-order valence-electron chi connectivity index (χ2n) is 5.28. The molecule has 0 bridgehead atoms. The quantitative estimate of drug-likeness (QED) is 0.577. The molecule has 2 rings (SSSR count). The standard InChI is InChI=1S/C11H12N4O8S/c16-13(17)8-3-9(14(18)19)11(10(4-8)15(20)21)12-5-7-1-2-24(22,23)6-7/h3-4,7,12H,1-2,5-6H2/t7-/m1/s1. The monoisotopic (exact) mass is 360 g/mol. The van der Waals surface area contributed by atoms with E-state index in [1.807, 2.05) is 0 Å². The summed E-state index contributed by atoms with van der Waals surface area (Å²) in [5, 5.41) is 35.5. The lowest BCUT2D eigenvalue weighted by Crippen LogP contribution is -2.17. The summed E-state index contributed by atoms with van der Waals surface area (Å²) in [7, 11) is -3.17. The third-order valence-corrected chi connectivity index (χ3v) is 5.42. The molecule has 0 spiro atoms. The van der Waals surface area contributed by atoms with Gasteiger partial charge >= 0.3 is 11.4 Å². The highest BCUT2D eigenvalue weighted by Crippen LogP contribution is 2.38. The zero-order chi connectivity index (χ0) is 18.1. The summed E-state index contributed by atoms with van der Waals surface area (Å²) in [5.74, 6) is -0.470. The van der Waals surface area contributed by atoms with Crippen LogP contribution in [0.2, 0.25) is 0 Å². The molecule has 0 radical (unpaired) electrons. The van der Waals surface area contributed by atoms with Crippen LogP contribution in [0.1, 0.15) is 6.42 Å². The molecule has 130 valence electrons. The van der Waals surface area contributed by atoms with E-state index in [1.165, 1.54) is 0 Å². The molecule has 1 aromatic rings. The van der Waals surface area contributed by atoms with Crippen LogP contribution in [-0.2, 0) is 9.84 Å². The first kappa shape index (κ1) is 17.5. The van der Waals surface area contributed by atoms with Crippen LogP contribution in [0.25, 0.3) is 0 Å². The Morgan fingerprint density at radius 2 is 1.58 bits per heavy atom. The lowest BCUT2D eigenvalue weighted by atomic mass is 10.1. The number of non-ortho nitro benzene ring substituents is 1. The topological polar surface area (TPSA) is 176 Å². The fourth-order valence-corrected chi connectivity index (χ4v) is 4.31. The fourth-order valence-electron chi connectivity index (χ4n) is 2.45. The maximum absolute atomic E-state index is 11.4. The Balaban J connectivity index is 2.38. The van der Waals surface area contributed by atoms with Gasteiger partial charge in [-0.05, 0) is 12.3 Å². The number of hydrogen-bond donors (Lipinski definition) is 1. The summed E-state index contributed by atoms with van der Waals surface area (Å²) in [6, 6.07) is 1.25. The number of hydrogen-bond acceptors (Lipinski definition) is 9. The molecule has 0 unspecified atom stereocenters. The van der Waals surface area contributed by atoms with Gasteiger partial charge in [0, 0.05) is 6.54 Å². The van der Waals surface area contributed by atoms with Crippen molar-refractivity contribution in [2.45, 2.75) is 6.42 Å². The summed E-state index contributed by atoms with van der Waals surface area (Å²) in [5.41, 5.74) is -2.86. The highest BCUT2D eigenvalue weighted by Gasteiger charge is 2.33. The molecule has 0 saturated carbocycles. The molecule has 0 aromatic heterocycles. The van der Waals surface area contributed by atoms with E-state index in [-0.39, 0.29) is 24.0 Å². The van der Waals surface area contributed by atoms with Crippen molar-refractivity contribution in [1.29, 1.82) is 0 Å². The van der Waals surface area contributed by atoms with Crippen LogP contribution in [0.4, 0.5) is 22.7 Å². The molecular weight excluding hydrogens is 348 g/mol. The van der Waals surface area contributed by atoms with Crippen molar-refractivity contribution >= 4 is 32.6 Å². The molecule has 1 fully saturated rings. The Kier molecular flexibility index (Phi) is 4.64. The SMILES string of the molecule is O=[N+]([O-])c1cc([N+](=O)[O-])c(NC[C@H]2CCS(=O)(=O)C2)c([N+](=O)[O-])c1. The Morgan fingerprint density at radius 1 is 1.04 bits per heavy atom. The lowest BCUT2D eigenvalue weighted by Gasteiger charge is -2.11. The number of anilines is 1. The van der Waals surface area contributed by atoms with E-state index >= 15 is 0 Å².